The second-order valence-electron chi connectivity index (χ2n) is 4.22. The zero-order valence-corrected chi connectivity index (χ0v) is 13.0. The van der Waals surface area contributed by atoms with Gasteiger partial charge in [0.1, 0.15) is 19.5 Å². The second kappa shape index (κ2) is 7.33. The smallest absolute Gasteiger partial charge is 0.377 e. The number of halogens is 2. The predicted octanol–water partition coefficient (Wildman–Crippen LogP) is 2.15. The maximum atomic E-state index is 12.0. The van der Waals surface area contributed by atoms with E-state index in [1.807, 2.05) is 0 Å². The fraction of sp³-hybridized carbons (Fsp3) is 0.308. The molecule has 0 aromatic carbocycles. The third-order valence-corrected chi connectivity index (χ3v) is 3.05. The first-order valence-corrected chi connectivity index (χ1v) is 7.00. The topological polar surface area (TPSA) is 86.8 Å². The Morgan fingerprint density at radius 1 is 1.41 bits per heavy atom. The number of hydrogen-bond donors (Lipinski definition) is 1. The number of esters is 1. The summed E-state index contributed by atoms with van der Waals surface area (Å²) in [6.45, 7) is 2.00. The van der Waals surface area contributed by atoms with Crippen molar-refractivity contribution in [2.75, 3.05) is 18.5 Å². The molecule has 1 amide bonds. The van der Waals surface area contributed by atoms with Crippen molar-refractivity contribution in [3.05, 3.63) is 34.3 Å². The zero-order valence-electron chi connectivity index (χ0n) is 11.5. The molecule has 0 radical (unpaired) electrons. The van der Waals surface area contributed by atoms with E-state index in [1.165, 1.54) is 19.2 Å². The fourth-order valence-corrected chi connectivity index (χ4v) is 1.90. The lowest BCUT2D eigenvalue weighted by molar-refractivity contribution is -0.153. The molecular weight excluding hydrogens is 335 g/mol. The number of nitrogens with one attached hydrogen (secondary N) is 1. The lowest BCUT2D eigenvalue weighted by Crippen LogP contribution is -2.31. The van der Waals surface area contributed by atoms with E-state index in [9.17, 15) is 9.59 Å². The van der Waals surface area contributed by atoms with E-state index in [1.54, 1.807) is 0 Å². The van der Waals surface area contributed by atoms with Crippen LogP contribution < -0.4 is 5.32 Å². The van der Waals surface area contributed by atoms with Crippen molar-refractivity contribution < 1.29 is 23.8 Å². The largest absolute Gasteiger partial charge is 0.493 e. The Hall–Kier alpha value is -1.99. The van der Waals surface area contributed by atoms with Crippen molar-refractivity contribution in [1.82, 2.24) is 4.98 Å². The molecule has 1 aromatic heterocycles. The van der Waals surface area contributed by atoms with Crippen LogP contribution in [-0.2, 0) is 23.8 Å². The van der Waals surface area contributed by atoms with Crippen molar-refractivity contribution in [2.45, 2.75) is 13.0 Å². The van der Waals surface area contributed by atoms with Gasteiger partial charge >= 0.3 is 5.97 Å². The summed E-state index contributed by atoms with van der Waals surface area (Å²) in [6.07, 6.45) is 1.40. The van der Waals surface area contributed by atoms with Gasteiger partial charge in [-0.1, -0.05) is 23.2 Å². The maximum absolute atomic E-state index is 12.0. The summed E-state index contributed by atoms with van der Waals surface area (Å²) < 4.78 is 15.0. The minimum atomic E-state index is -1.08. The maximum Gasteiger partial charge on any atom is 0.377 e. The molecule has 7 nitrogen and oxygen atoms in total. The molecule has 2 rings (SSSR count). The second-order valence-corrected chi connectivity index (χ2v) is 5.07. The Labute approximate surface area is 136 Å². The number of carbonyl (C=O) groups excluding carboxylic acids is 2. The molecular formula is C13H12Cl2N2O5. The van der Waals surface area contributed by atoms with Crippen LogP contribution >= 0.6 is 23.2 Å². The Kier molecular flexibility index (Phi) is 5.46. The van der Waals surface area contributed by atoms with Gasteiger partial charge < -0.3 is 19.5 Å². The molecule has 1 aliphatic rings. The van der Waals surface area contributed by atoms with E-state index in [4.69, 9.17) is 37.4 Å². The van der Waals surface area contributed by atoms with Crippen LogP contribution in [-0.4, -0.2) is 36.2 Å². The number of rotatable bonds is 4. The SMILES string of the molecule is C[C@@H](OC(=O)C1=COCCO1)C(=O)Nc1ncc(Cl)cc1Cl. The fourth-order valence-electron chi connectivity index (χ4n) is 1.47. The van der Waals surface area contributed by atoms with E-state index >= 15 is 0 Å². The molecule has 0 saturated heterocycles. The molecule has 22 heavy (non-hydrogen) atoms. The highest BCUT2D eigenvalue weighted by Gasteiger charge is 2.24. The quantitative estimate of drug-likeness (QED) is 0.840. The number of hydrogen-bond acceptors (Lipinski definition) is 6. The van der Waals surface area contributed by atoms with Crippen LogP contribution in [0.15, 0.2) is 24.3 Å². The normalized spacial score (nSPS) is 15.0. The van der Waals surface area contributed by atoms with Gasteiger partial charge in [-0.3, -0.25) is 4.79 Å². The van der Waals surface area contributed by atoms with Gasteiger partial charge in [0.15, 0.2) is 11.9 Å². The van der Waals surface area contributed by atoms with Gasteiger partial charge in [-0.15, -0.1) is 0 Å². The lowest BCUT2D eigenvalue weighted by atomic mass is 10.3. The lowest BCUT2D eigenvalue weighted by Gasteiger charge is -2.17. The van der Waals surface area contributed by atoms with Crippen LogP contribution in [0.2, 0.25) is 10.0 Å². The van der Waals surface area contributed by atoms with Gasteiger partial charge in [0.05, 0.1) is 10.0 Å². The van der Waals surface area contributed by atoms with Crippen LogP contribution in [0.4, 0.5) is 5.82 Å². The Morgan fingerprint density at radius 2 is 2.18 bits per heavy atom. The molecule has 0 spiro atoms. The number of pyridine rings is 1. The van der Waals surface area contributed by atoms with E-state index in [0.717, 1.165) is 6.26 Å². The summed E-state index contributed by atoms with van der Waals surface area (Å²) in [5, 5.41) is 2.95. The van der Waals surface area contributed by atoms with Gasteiger partial charge in [-0.25, -0.2) is 9.78 Å². The molecule has 118 valence electrons. The summed E-state index contributed by atoms with van der Waals surface area (Å²) in [5.41, 5.74) is 0. The van der Waals surface area contributed by atoms with Gasteiger partial charge in [-0.05, 0) is 13.0 Å². The Balaban J connectivity index is 1.94. The molecule has 1 aliphatic heterocycles. The summed E-state index contributed by atoms with van der Waals surface area (Å²) in [7, 11) is 0. The summed E-state index contributed by atoms with van der Waals surface area (Å²) in [6, 6.07) is 1.43. The third kappa shape index (κ3) is 4.25. The highest BCUT2D eigenvalue weighted by atomic mass is 35.5. The van der Waals surface area contributed by atoms with Gasteiger partial charge in [-0.2, -0.15) is 0 Å². The molecule has 2 heterocycles. The van der Waals surface area contributed by atoms with Crippen molar-refractivity contribution in [3.63, 3.8) is 0 Å². The minimum Gasteiger partial charge on any atom is -0.493 e. The molecule has 1 aromatic rings. The van der Waals surface area contributed by atoms with E-state index in [2.05, 4.69) is 10.3 Å². The molecule has 1 atom stereocenters. The zero-order chi connectivity index (χ0) is 16.1. The van der Waals surface area contributed by atoms with Gasteiger partial charge in [0.25, 0.3) is 5.91 Å². The molecule has 0 aliphatic carbocycles. The monoisotopic (exact) mass is 346 g/mol. The molecule has 0 bridgehead atoms. The number of ether oxygens (including phenoxy) is 3. The first-order chi connectivity index (χ1) is 10.5. The molecule has 0 unspecified atom stereocenters. The minimum absolute atomic E-state index is 0.0893. The first kappa shape index (κ1) is 16.4. The Bertz CT molecular complexity index is 620. The number of nitrogens with zero attached hydrogens (tertiary/aromatic N) is 1. The number of anilines is 1. The van der Waals surface area contributed by atoms with Crippen LogP contribution in [0.3, 0.4) is 0 Å². The van der Waals surface area contributed by atoms with Gasteiger partial charge in [0.2, 0.25) is 5.76 Å². The van der Waals surface area contributed by atoms with Crippen molar-refractivity contribution in [2.24, 2.45) is 0 Å². The Morgan fingerprint density at radius 3 is 2.82 bits per heavy atom. The number of aromatic nitrogens is 1. The first-order valence-electron chi connectivity index (χ1n) is 6.25. The molecule has 0 saturated carbocycles. The van der Waals surface area contributed by atoms with Crippen molar-refractivity contribution >= 4 is 40.9 Å². The predicted molar refractivity (Wildman–Crippen MR) is 78.4 cm³/mol. The number of carbonyl (C=O) groups is 2. The summed E-state index contributed by atoms with van der Waals surface area (Å²) >= 11 is 11.6. The van der Waals surface area contributed by atoms with Crippen LogP contribution in [0.25, 0.3) is 0 Å². The standard InChI is InChI=1S/C13H12Cl2N2O5/c1-7(22-13(19)10-6-20-2-3-21-10)12(18)17-11-9(15)4-8(14)5-16-11/h4-7H,2-3H2,1H3,(H,16,17,18)/t7-/m1/s1. The van der Waals surface area contributed by atoms with E-state index in [-0.39, 0.29) is 23.2 Å². The van der Waals surface area contributed by atoms with Gasteiger partial charge in [0, 0.05) is 6.20 Å². The average molecular weight is 347 g/mol. The van der Waals surface area contributed by atoms with E-state index < -0.39 is 18.0 Å². The molecule has 0 fully saturated rings. The summed E-state index contributed by atoms with van der Waals surface area (Å²) in [5.74, 6) is -1.36. The molecule has 9 heteroatoms. The van der Waals surface area contributed by atoms with Crippen LogP contribution in [0.5, 0.6) is 0 Å². The highest BCUT2D eigenvalue weighted by Crippen LogP contribution is 2.22. The van der Waals surface area contributed by atoms with Crippen LogP contribution in [0.1, 0.15) is 6.92 Å². The average Bonchev–Trinajstić information content (AvgIpc) is 2.50. The number of amides is 1. The van der Waals surface area contributed by atoms with Crippen LogP contribution in [0, 0.1) is 0 Å². The third-order valence-electron chi connectivity index (χ3n) is 2.55. The van der Waals surface area contributed by atoms with Crippen molar-refractivity contribution in [3.8, 4) is 0 Å². The van der Waals surface area contributed by atoms with Crippen molar-refractivity contribution in [1.29, 1.82) is 0 Å². The summed E-state index contributed by atoms with van der Waals surface area (Å²) in [4.78, 5) is 27.6. The van der Waals surface area contributed by atoms with E-state index in [0.29, 0.717) is 11.6 Å². The molecule has 1 N–H and O–H groups in total. The highest BCUT2D eigenvalue weighted by molar-refractivity contribution is 6.36.